The molecule has 0 aliphatic carbocycles. The third kappa shape index (κ3) is 3.80. The van der Waals surface area contributed by atoms with Crippen molar-refractivity contribution in [3.05, 3.63) is 20.7 Å². The van der Waals surface area contributed by atoms with E-state index in [4.69, 9.17) is 10.5 Å². The molecule has 90 valence electrons. The number of rotatable bonds is 6. The highest BCUT2D eigenvalue weighted by molar-refractivity contribution is 7.99. The normalized spacial score (nSPS) is 10.6. The van der Waals surface area contributed by atoms with Crippen LogP contribution in [0.2, 0.25) is 0 Å². The summed E-state index contributed by atoms with van der Waals surface area (Å²) in [7, 11) is 1.62. The van der Waals surface area contributed by atoms with E-state index in [-0.39, 0.29) is 0 Å². The molecule has 0 bridgehead atoms. The Labute approximate surface area is 96.0 Å². The van der Waals surface area contributed by atoms with E-state index in [1.165, 1.54) is 16.4 Å². The summed E-state index contributed by atoms with van der Waals surface area (Å²) in [5.41, 5.74) is 3.76. The maximum absolute atomic E-state index is 11.0. The maximum Gasteiger partial charge on any atom is 0.339 e. The lowest BCUT2D eigenvalue weighted by Gasteiger charge is -2.05. The molecule has 7 nitrogen and oxygen atoms in total. The molecule has 0 radical (unpaired) electrons. The second-order valence-corrected chi connectivity index (χ2v) is 4.01. The summed E-state index contributed by atoms with van der Waals surface area (Å²) in [4.78, 5) is 25.5. The van der Waals surface area contributed by atoms with Crippen molar-refractivity contribution < 1.29 is 4.74 Å². The van der Waals surface area contributed by atoms with Gasteiger partial charge < -0.3 is 10.5 Å². The van der Waals surface area contributed by atoms with Gasteiger partial charge in [-0.25, -0.2) is 0 Å². The van der Waals surface area contributed by atoms with Crippen LogP contribution in [0.15, 0.2) is 14.7 Å². The number of hydrogen-bond acceptors (Lipinski definition) is 6. The number of nitrogens with two attached hydrogens (primary N) is 1. The largest absolute Gasteiger partial charge is 0.379 e. The molecule has 0 fully saturated rings. The molecule has 1 rings (SSSR count). The molecular weight excluding hydrogens is 232 g/mol. The van der Waals surface area contributed by atoms with Crippen molar-refractivity contribution in [1.29, 1.82) is 0 Å². The average Bonchev–Trinajstić information content (AvgIpc) is 2.25. The summed E-state index contributed by atoms with van der Waals surface area (Å²) in [6.07, 6.45) is 0. The molecule has 0 aliphatic heterocycles. The van der Waals surface area contributed by atoms with Crippen LogP contribution < -0.4 is 16.9 Å². The Kier molecular flexibility index (Phi) is 5.23. The molecule has 0 amide bonds. The van der Waals surface area contributed by atoms with E-state index in [0.717, 1.165) is 0 Å². The molecule has 1 aromatic rings. The van der Waals surface area contributed by atoms with Gasteiger partial charge in [-0.3, -0.25) is 19.4 Å². The van der Waals surface area contributed by atoms with Gasteiger partial charge in [-0.2, -0.15) is 4.98 Å². The van der Waals surface area contributed by atoms with Crippen molar-refractivity contribution in [2.24, 2.45) is 12.8 Å². The van der Waals surface area contributed by atoms with Crippen molar-refractivity contribution in [3.8, 4) is 0 Å². The SMILES string of the molecule is Cn1[nH]c(=O)c(=O)nc1SCCOCCN. The molecule has 0 saturated carbocycles. The van der Waals surface area contributed by atoms with Gasteiger partial charge in [0.1, 0.15) is 0 Å². The minimum atomic E-state index is -0.775. The highest BCUT2D eigenvalue weighted by Gasteiger charge is 2.03. The van der Waals surface area contributed by atoms with E-state index >= 15 is 0 Å². The Bertz CT molecular complexity index is 442. The zero-order valence-corrected chi connectivity index (χ0v) is 9.75. The summed E-state index contributed by atoms with van der Waals surface area (Å²) in [6, 6.07) is 0. The van der Waals surface area contributed by atoms with Gasteiger partial charge in [0.05, 0.1) is 13.2 Å². The number of hydrogen-bond donors (Lipinski definition) is 2. The van der Waals surface area contributed by atoms with Crippen molar-refractivity contribution >= 4 is 11.8 Å². The average molecular weight is 246 g/mol. The molecule has 0 aliphatic rings. The van der Waals surface area contributed by atoms with Gasteiger partial charge in [-0.05, 0) is 0 Å². The lowest BCUT2D eigenvalue weighted by Crippen LogP contribution is -2.33. The third-order valence-electron chi connectivity index (χ3n) is 1.67. The second-order valence-electron chi connectivity index (χ2n) is 2.95. The molecule has 0 saturated heterocycles. The maximum atomic E-state index is 11.0. The fourth-order valence-corrected chi connectivity index (χ4v) is 1.74. The van der Waals surface area contributed by atoms with Gasteiger partial charge in [-0.15, -0.1) is 0 Å². The Morgan fingerprint density at radius 2 is 2.25 bits per heavy atom. The minimum absolute atomic E-state index is 0.459. The molecular formula is C8H14N4O3S. The first kappa shape index (κ1) is 12.9. The molecule has 1 aromatic heterocycles. The van der Waals surface area contributed by atoms with Crippen LogP contribution in [0.3, 0.4) is 0 Å². The van der Waals surface area contributed by atoms with Crippen LogP contribution in [0.5, 0.6) is 0 Å². The van der Waals surface area contributed by atoms with E-state index in [1.807, 2.05) is 0 Å². The summed E-state index contributed by atoms with van der Waals surface area (Å²) < 4.78 is 6.58. The van der Waals surface area contributed by atoms with Gasteiger partial charge in [0, 0.05) is 19.3 Å². The summed E-state index contributed by atoms with van der Waals surface area (Å²) in [6.45, 7) is 1.52. The van der Waals surface area contributed by atoms with E-state index in [9.17, 15) is 9.59 Å². The van der Waals surface area contributed by atoms with Crippen molar-refractivity contribution in [2.75, 3.05) is 25.5 Å². The second kappa shape index (κ2) is 6.46. The highest BCUT2D eigenvalue weighted by Crippen LogP contribution is 2.10. The smallest absolute Gasteiger partial charge is 0.339 e. The number of aromatic nitrogens is 3. The van der Waals surface area contributed by atoms with Gasteiger partial charge >= 0.3 is 11.1 Å². The van der Waals surface area contributed by atoms with Crippen molar-refractivity contribution in [2.45, 2.75) is 5.16 Å². The van der Waals surface area contributed by atoms with Gasteiger partial charge in [-0.1, -0.05) is 11.8 Å². The highest BCUT2D eigenvalue weighted by atomic mass is 32.2. The number of nitrogens with one attached hydrogen (secondary N) is 1. The predicted molar refractivity (Wildman–Crippen MR) is 60.7 cm³/mol. The molecule has 1 heterocycles. The zero-order chi connectivity index (χ0) is 12.0. The van der Waals surface area contributed by atoms with Crippen LogP contribution in [0.1, 0.15) is 0 Å². The molecule has 16 heavy (non-hydrogen) atoms. The first-order valence-corrected chi connectivity index (χ1v) is 5.71. The monoisotopic (exact) mass is 246 g/mol. The van der Waals surface area contributed by atoms with Crippen molar-refractivity contribution in [3.63, 3.8) is 0 Å². The van der Waals surface area contributed by atoms with E-state index in [0.29, 0.717) is 30.7 Å². The lowest BCUT2D eigenvalue weighted by atomic mass is 10.7. The Morgan fingerprint density at radius 3 is 2.94 bits per heavy atom. The number of nitrogens with zero attached hydrogens (tertiary/aromatic N) is 2. The summed E-state index contributed by atoms with van der Waals surface area (Å²) in [5, 5.41) is 2.82. The van der Waals surface area contributed by atoms with Gasteiger partial charge in [0.15, 0.2) is 5.16 Å². The number of thioether (sulfide) groups is 1. The topological polar surface area (TPSA) is 103 Å². The number of aromatic amines is 1. The molecule has 8 heteroatoms. The fraction of sp³-hybridized carbons (Fsp3) is 0.625. The Balaban J connectivity index is 2.51. The van der Waals surface area contributed by atoms with E-state index in [2.05, 4.69) is 10.1 Å². The Hall–Kier alpha value is -1.12. The van der Waals surface area contributed by atoms with Gasteiger partial charge in [0.25, 0.3) is 0 Å². The lowest BCUT2D eigenvalue weighted by molar-refractivity contribution is 0.158. The number of ether oxygens (including phenoxy) is 1. The first-order chi connectivity index (χ1) is 7.65. The third-order valence-corrected chi connectivity index (χ3v) is 2.66. The first-order valence-electron chi connectivity index (χ1n) is 4.73. The molecule has 0 spiro atoms. The number of H-pyrrole nitrogens is 1. The van der Waals surface area contributed by atoms with Crippen LogP contribution in [0.25, 0.3) is 0 Å². The summed E-state index contributed by atoms with van der Waals surface area (Å²) >= 11 is 1.34. The van der Waals surface area contributed by atoms with Crippen LogP contribution in [0.4, 0.5) is 0 Å². The van der Waals surface area contributed by atoms with Crippen molar-refractivity contribution in [1.82, 2.24) is 14.8 Å². The zero-order valence-electron chi connectivity index (χ0n) is 8.93. The molecule has 3 N–H and O–H groups in total. The molecule has 0 aromatic carbocycles. The molecule has 0 atom stereocenters. The van der Waals surface area contributed by atoms with Crippen LogP contribution in [-0.4, -0.2) is 40.3 Å². The van der Waals surface area contributed by atoms with Crippen LogP contribution >= 0.6 is 11.8 Å². The van der Waals surface area contributed by atoms with Gasteiger partial charge in [0.2, 0.25) is 0 Å². The standard InChI is InChI=1S/C8H14N4O3S/c1-12-8(10-6(13)7(14)11-12)16-5-4-15-3-2-9/h2-5,9H2,1H3,(H,11,14). The van der Waals surface area contributed by atoms with E-state index in [1.54, 1.807) is 7.05 Å². The number of aryl methyl sites for hydroxylation is 1. The quantitative estimate of drug-likeness (QED) is 0.361. The summed E-state index contributed by atoms with van der Waals surface area (Å²) in [5.74, 6) is 0.645. The van der Waals surface area contributed by atoms with E-state index < -0.39 is 11.1 Å². The Morgan fingerprint density at radius 1 is 1.50 bits per heavy atom. The van der Waals surface area contributed by atoms with Crippen LogP contribution in [-0.2, 0) is 11.8 Å². The van der Waals surface area contributed by atoms with Crippen LogP contribution in [0, 0.1) is 0 Å². The predicted octanol–water partition coefficient (Wildman–Crippen LogP) is -1.46. The minimum Gasteiger partial charge on any atom is -0.379 e. The molecule has 0 unspecified atom stereocenters. The fourth-order valence-electron chi connectivity index (χ4n) is 0.967.